The van der Waals surface area contributed by atoms with E-state index in [1.165, 1.54) is 23.0 Å². The molecule has 4 rings (SSSR count). The third-order valence-electron chi connectivity index (χ3n) is 4.96. The molecule has 0 fully saturated rings. The molecule has 2 heterocycles. The number of benzene rings is 1. The van der Waals surface area contributed by atoms with Crippen molar-refractivity contribution in [1.82, 2.24) is 9.55 Å². The molecule has 0 aliphatic heterocycles. The first-order valence-electron chi connectivity index (χ1n) is 9.20. The van der Waals surface area contributed by atoms with Gasteiger partial charge < -0.3 is 10.1 Å². The van der Waals surface area contributed by atoms with Crippen LogP contribution in [-0.4, -0.2) is 22.6 Å². The minimum Gasteiger partial charge on any atom is -0.495 e. The molecule has 1 aliphatic rings. The molecular weight excluding hydrogens is 398 g/mol. The van der Waals surface area contributed by atoms with Gasteiger partial charge in [0.2, 0.25) is 5.91 Å². The number of thiophene rings is 1. The number of methoxy groups -OCH3 is 1. The summed E-state index contributed by atoms with van der Waals surface area (Å²) in [5.41, 5.74) is 1.61. The molecular formula is C20H20ClN3O3S. The van der Waals surface area contributed by atoms with E-state index in [1.54, 1.807) is 35.9 Å². The van der Waals surface area contributed by atoms with E-state index < -0.39 is 0 Å². The second-order valence-electron chi connectivity index (χ2n) is 6.78. The molecule has 0 spiro atoms. The van der Waals surface area contributed by atoms with Crippen molar-refractivity contribution < 1.29 is 9.53 Å². The van der Waals surface area contributed by atoms with Crippen molar-refractivity contribution in [3.63, 3.8) is 0 Å². The summed E-state index contributed by atoms with van der Waals surface area (Å²) < 4.78 is 6.76. The van der Waals surface area contributed by atoms with Crippen molar-refractivity contribution in [2.24, 2.45) is 0 Å². The number of hydrogen-bond donors (Lipinski definition) is 1. The molecule has 0 atom stereocenters. The fourth-order valence-corrected chi connectivity index (χ4v) is 4.94. The van der Waals surface area contributed by atoms with Crippen LogP contribution in [0.15, 0.2) is 29.3 Å². The number of aromatic nitrogens is 2. The Kier molecular flexibility index (Phi) is 5.37. The highest BCUT2D eigenvalue weighted by molar-refractivity contribution is 7.18. The van der Waals surface area contributed by atoms with Crippen molar-refractivity contribution >= 4 is 44.7 Å². The maximum absolute atomic E-state index is 12.9. The summed E-state index contributed by atoms with van der Waals surface area (Å²) in [6.07, 6.45) is 5.93. The Hall–Kier alpha value is -2.38. The lowest BCUT2D eigenvalue weighted by molar-refractivity contribution is -0.116. The van der Waals surface area contributed by atoms with Gasteiger partial charge >= 0.3 is 0 Å². The second-order valence-corrected chi connectivity index (χ2v) is 8.30. The molecule has 1 N–H and O–H groups in total. The van der Waals surface area contributed by atoms with E-state index in [0.29, 0.717) is 16.5 Å². The lowest BCUT2D eigenvalue weighted by Gasteiger charge is -2.12. The van der Waals surface area contributed by atoms with E-state index in [-0.39, 0.29) is 24.4 Å². The van der Waals surface area contributed by atoms with Gasteiger partial charge in [-0.15, -0.1) is 11.3 Å². The number of amides is 1. The monoisotopic (exact) mass is 417 g/mol. The van der Waals surface area contributed by atoms with Crippen LogP contribution in [0.3, 0.4) is 0 Å². The first kappa shape index (κ1) is 19.0. The normalized spacial score (nSPS) is 13.4. The molecule has 2 aromatic heterocycles. The van der Waals surface area contributed by atoms with Gasteiger partial charge in [-0.2, -0.15) is 0 Å². The molecule has 1 aliphatic carbocycles. The number of anilines is 1. The lowest BCUT2D eigenvalue weighted by Crippen LogP contribution is -2.24. The maximum atomic E-state index is 12.9. The van der Waals surface area contributed by atoms with Gasteiger partial charge in [0.05, 0.1) is 24.5 Å². The molecule has 0 radical (unpaired) electrons. The number of hydrogen-bond acceptors (Lipinski definition) is 5. The molecule has 3 aromatic rings. The average Bonchev–Trinajstić information content (AvgIpc) is 3.07. The number of fused-ring (bicyclic) bond motifs is 3. The van der Waals surface area contributed by atoms with Crippen LogP contribution < -0.4 is 15.6 Å². The molecule has 0 saturated heterocycles. The summed E-state index contributed by atoms with van der Waals surface area (Å²) in [4.78, 5) is 31.9. The van der Waals surface area contributed by atoms with E-state index in [9.17, 15) is 9.59 Å². The highest BCUT2D eigenvalue weighted by Crippen LogP contribution is 2.33. The van der Waals surface area contributed by atoms with Crippen molar-refractivity contribution in [3.8, 4) is 5.75 Å². The first-order valence-corrected chi connectivity index (χ1v) is 10.4. The Labute approximate surface area is 171 Å². The van der Waals surface area contributed by atoms with Crippen molar-refractivity contribution in [3.05, 3.63) is 50.3 Å². The summed E-state index contributed by atoms with van der Waals surface area (Å²) in [5.74, 6) is 0.308. The molecule has 1 aromatic carbocycles. The van der Waals surface area contributed by atoms with Gasteiger partial charge in [0, 0.05) is 22.9 Å². The number of aryl methyl sites for hydroxylation is 3. The minimum absolute atomic E-state index is 0.0578. The zero-order valence-electron chi connectivity index (χ0n) is 15.5. The number of carbonyl (C=O) groups excluding carboxylic acids is 1. The number of nitrogens with zero attached hydrogens (tertiary/aromatic N) is 2. The Morgan fingerprint density at radius 3 is 3.00 bits per heavy atom. The molecule has 0 saturated carbocycles. The summed E-state index contributed by atoms with van der Waals surface area (Å²) in [6, 6.07) is 5.02. The topological polar surface area (TPSA) is 73.2 Å². The molecule has 28 heavy (non-hydrogen) atoms. The first-order chi connectivity index (χ1) is 13.6. The summed E-state index contributed by atoms with van der Waals surface area (Å²) in [6.45, 7) is 0.265. The number of carbonyl (C=O) groups is 1. The smallest absolute Gasteiger partial charge is 0.262 e. The van der Waals surface area contributed by atoms with Gasteiger partial charge in [0.25, 0.3) is 5.56 Å². The van der Waals surface area contributed by atoms with E-state index in [2.05, 4.69) is 10.3 Å². The molecule has 6 nitrogen and oxygen atoms in total. The zero-order valence-corrected chi connectivity index (χ0v) is 17.0. The third-order valence-corrected chi connectivity index (χ3v) is 6.39. The minimum atomic E-state index is -0.222. The van der Waals surface area contributed by atoms with Gasteiger partial charge in [-0.05, 0) is 49.4 Å². The third kappa shape index (κ3) is 3.64. The van der Waals surface area contributed by atoms with E-state index >= 15 is 0 Å². The summed E-state index contributed by atoms with van der Waals surface area (Å²) in [5, 5.41) is 4.03. The van der Waals surface area contributed by atoms with Crippen LogP contribution in [-0.2, 0) is 24.2 Å². The van der Waals surface area contributed by atoms with Crippen molar-refractivity contribution in [2.75, 3.05) is 12.4 Å². The fourth-order valence-electron chi connectivity index (χ4n) is 3.55. The fraction of sp³-hybridized carbons (Fsp3) is 0.350. The largest absolute Gasteiger partial charge is 0.495 e. The quantitative estimate of drug-likeness (QED) is 0.680. The second kappa shape index (κ2) is 7.93. The molecule has 0 bridgehead atoms. The predicted octanol–water partition coefficient (Wildman–Crippen LogP) is 4.03. The van der Waals surface area contributed by atoms with Crippen LogP contribution in [0, 0.1) is 0 Å². The Bertz CT molecular complexity index is 1110. The number of nitrogens with one attached hydrogen (secondary N) is 1. The SMILES string of the molecule is COc1ccc(Cl)cc1NC(=O)CCn1cnc2sc3c(c2c1=O)CCCC3. The Balaban J connectivity index is 1.51. The standard InChI is InChI=1S/C20H20ClN3O3S/c1-27-15-7-6-12(21)10-14(15)23-17(25)8-9-24-11-22-19-18(20(24)26)13-4-2-3-5-16(13)28-19/h6-7,10-11H,2-5,8-9H2,1H3,(H,23,25). The van der Waals surface area contributed by atoms with E-state index in [4.69, 9.17) is 16.3 Å². The molecule has 146 valence electrons. The summed E-state index contributed by atoms with van der Waals surface area (Å²) >= 11 is 7.62. The van der Waals surface area contributed by atoms with Crippen molar-refractivity contribution in [1.29, 1.82) is 0 Å². The van der Waals surface area contributed by atoms with Crippen LogP contribution in [0.2, 0.25) is 5.02 Å². The Morgan fingerprint density at radius 1 is 1.36 bits per heavy atom. The lowest BCUT2D eigenvalue weighted by atomic mass is 9.97. The zero-order chi connectivity index (χ0) is 19.7. The average molecular weight is 418 g/mol. The van der Waals surface area contributed by atoms with Crippen LogP contribution in [0.1, 0.15) is 29.7 Å². The highest BCUT2D eigenvalue weighted by Gasteiger charge is 2.20. The molecule has 8 heteroatoms. The van der Waals surface area contributed by atoms with E-state index in [1.807, 2.05) is 0 Å². The van der Waals surface area contributed by atoms with Gasteiger partial charge in [0.1, 0.15) is 10.6 Å². The number of halogens is 1. The highest BCUT2D eigenvalue weighted by atomic mass is 35.5. The van der Waals surface area contributed by atoms with Gasteiger partial charge in [0.15, 0.2) is 0 Å². The van der Waals surface area contributed by atoms with Crippen molar-refractivity contribution in [2.45, 2.75) is 38.6 Å². The van der Waals surface area contributed by atoms with Gasteiger partial charge in [-0.25, -0.2) is 4.98 Å². The van der Waals surface area contributed by atoms with E-state index in [0.717, 1.165) is 35.0 Å². The number of ether oxygens (including phenoxy) is 1. The van der Waals surface area contributed by atoms with Crippen LogP contribution in [0.4, 0.5) is 5.69 Å². The predicted molar refractivity (Wildman–Crippen MR) is 112 cm³/mol. The summed E-state index contributed by atoms with van der Waals surface area (Å²) in [7, 11) is 1.53. The van der Waals surface area contributed by atoms with Crippen LogP contribution in [0.25, 0.3) is 10.2 Å². The molecule has 0 unspecified atom stereocenters. The molecule has 1 amide bonds. The van der Waals surface area contributed by atoms with Gasteiger partial charge in [-0.1, -0.05) is 11.6 Å². The van der Waals surface area contributed by atoms with Crippen LogP contribution >= 0.6 is 22.9 Å². The number of rotatable bonds is 5. The Morgan fingerprint density at radius 2 is 2.18 bits per heavy atom. The van der Waals surface area contributed by atoms with Gasteiger partial charge in [-0.3, -0.25) is 14.2 Å². The maximum Gasteiger partial charge on any atom is 0.262 e. The van der Waals surface area contributed by atoms with Crippen LogP contribution in [0.5, 0.6) is 5.75 Å².